The summed E-state index contributed by atoms with van der Waals surface area (Å²) in [7, 11) is 1.88. The van der Waals surface area contributed by atoms with Gasteiger partial charge in [0, 0.05) is 41.0 Å². The molecular formula is C10H27N3O3Si. The minimum absolute atomic E-state index is 0.569. The van der Waals surface area contributed by atoms with Crippen molar-refractivity contribution < 1.29 is 13.3 Å². The van der Waals surface area contributed by atoms with Crippen LogP contribution in [0.4, 0.5) is 0 Å². The van der Waals surface area contributed by atoms with E-state index in [-0.39, 0.29) is 0 Å². The molecule has 0 amide bonds. The van der Waals surface area contributed by atoms with Crippen LogP contribution in [0.3, 0.4) is 0 Å². The molecule has 0 aliphatic heterocycles. The molecule has 6 nitrogen and oxygen atoms in total. The number of nitrogens with one attached hydrogen (secondary N) is 1. The first-order chi connectivity index (χ1) is 8.05. The number of hydrogen-bond donors (Lipinski definition) is 3. The predicted octanol–water partition coefficient (Wildman–Crippen LogP) is -0.550. The molecule has 0 radical (unpaired) electrons. The smallest absolute Gasteiger partial charge is 0.376 e. The van der Waals surface area contributed by atoms with Crippen molar-refractivity contribution in [1.82, 2.24) is 5.32 Å². The quantitative estimate of drug-likeness (QED) is 0.363. The van der Waals surface area contributed by atoms with Crippen LogP contribution in [0.5, 0.6) is 0 Å². The minimum Gasteiger partial charge on any atom is -0.376 e. The molecule has 104 valence electrons. The number of hydrogen-bond acceptors (Lipinski definition) is 6. The standard InChI is InChI=1S/C10H27N3O3Si/c1-5-6-10(12,9-13-8-7-11)17(14-2,15-3)16-4/h13H,5-9,11-12H2,1-4H3. The van der Waals surface area contributed by atoms with Crippen LogP contribution in [-0.2, 0) is 13.3 Å². The van der Waals surface area contributed by atoms with Crippen LogP contribution >= 0.6 is 0 Å². The van der Waals surface area contributed by atoms with E-state index in [2.05, 4.69) is 12.2 Å². The fourth-order valence-electron chi connectivity index (χ4n) is 2.07. The lowest BCUT2D eigenvalue weighted by atomic mass is 10.1. The van der Waals surface area contributed by atoms with Gasteiger partial charge in [-0.2, -0.15) is 0 Å². The normalized spacial score (nSPS) is 15.9. The van der Waals surface area contributed by atoms with Crippen molar-refractivity contribution in [2.45, 2.75) is 24.9 Å². The van der Waals surface area contributed by atoms with Crippen molar-refractivity contribution in [2.24, 2.45) is 11.5 Å². The lowest BCUT2D eigenvalue weighted by Crippen LogP contribution is -2.72. The summed E-state index contributed by atoms with van der Waals surface area (Å²) >= 11 is 0. The van der Waals surface area contributed by atoms with E-state index < -0.39 is 14.0 Å². The van der Waals surface area contributed by atoms with Crippen LogP contribution in [-0.4, -0.2) is 54.9 Å². The van der Waals surface area contributed by atoms with E-state index in [1.165, 1.54) is 0 Å². The maximum atomic E-state index is 6.44. The highest BCUT2D eigenvalue weighted by Crippen LogP contribution is 2.25. The van der Waals surface area contributed by atoms with Gasteiger partial charge in [0.2, 0.25) is 0 Å². The first kappa shape index (κ1) is 17.0. The molecule has 1 unspecified atom stereocenters. The highest BCUT2D eigenvalue weighted by atomic mass is 28.4. The zero-order chi connectivity index (χ0) is 13.4. The van der Waals surface area contributed by atoms with Crippen molar-refractivity contribution in [3.05, 3.63) is 0 Å². The Morgan fingerprint density at radius 3 is 2.06 bits per heavy atom. The summed E-state index contributed by atoms with van der Waals surface area (Å²) in [5.74, 6) is 0. The van der Waals surface area contributed by atoms with Crippen LogP contribution in [0.1, 0.15) is 19.8 Å². The Labute approximate surface area is 105 Å². The van der Waals surface area contributed by atoms with Crippen molar-refractivity contribution in [2.75, 3.05) is 41.0 Å². The average molecular weight is 265 g/mol. The Balaban J connectivity index is 4.86. The van der Waals surface area contributed by atoms with Gasteiger partial charge in [0.25, 0.3) is 0 Å². The highest BCUT2D eigenvalue weighted by Gasteiger charge is 2.56. The molecule has 0 aliphatic rings. The van der Waals surface area contributed by atoms with E-state index in [1.54, 1.807) is 21.3 Å². The van der Waals surface area contributed by atoms with Gasteiger partial charge >= 0.3 is 8.80 Å². The second-order valence-corrected chi connectivity index (χ2v) is 7.37. The lowest BCUT2D eigenvalue weighted by molar-refractivity contribution is 0.0881. The van der Waals surface area contributed by atoms with Gasteiger partial charge in [0.1, 0.15) is 0 Å². The van der Waals surface area contributed by atoms with Crippen molar-refractivity contribution in [1.29, 1.82) is 0 Å². The molecule has 0 aromatic rings. The summed E-state index contributed by atoms with van der Waals surface area (Å²) in [5.41, 5.74) is 11.9. The first-order valence-corrected chi connectivity index (χ1v) is 7.63. The van der Waals surface area contributed by atoms with Crippen LogP contribution in [0, 0.1) is 0 Å². The van der Waals surface area contributed by atoms with E-state index in [1.807, 2.05) is 0 Å². The summed E-state index contributed by atoms with van der Waals surface area (Å²) in [5, 5.41) is 2.58. The third kappa shape index (κ3) is 3.99. The molecule has 5 N–H and O–H groups in total. The average Bonchev–Trinajstić information content (AvgIpc) is 2.32. The summed E-state index contributed by atoms with van der Waals surface area (Å²) in [6.45, 7) is 3.93. The maximum Gasteiger partial charge on any atom is 0.522 e. The van der Waals surface area contributed by atoms with Gasteiger partial charge in [-0.15, -0.1) is 0 Å². The first-order valence-electron chi connectivity index (χ1n) is 5.91. The molecule has 0 saturated heterocycles. The number of rotatable bonds is 10. The summed E-state index contributed by atoms with van der Waals surface area (Å²) < 4.78 is 16.4. The van der Waals surface area contributed by atoms with E-state index in [4.69, 9.17) is 24.7 Å². The molecule has 0 rings (SSSR count). The Morgan fingerprint density at radius 2 is 1.71 bits per heavy atom. The predicted molar refractivity (Wildman–Crippen MR) is 70.5 cm³/mol. The third-order valence-corrected chi connectivity index (χ3v) is 6.13. The number of nitrogens with two attached hydrogens (primary N) is 2. The van der Waals surface area contributed by atoms with E-state index in [0.717, 1.165) is 12.8 Å². The van der Waals surface area contributed by atoms with Gasteiger partial charge < -0.3 is 30.1 Å². The van der Waals surface area contributed by atoms with E-state index in [9.17, 15) is 0 Å². The van der Waals surface area contributed by atoms with Gasteiger partial charge in [-0.05, 0) is 6.42 Å². The van der Waals surface area contributed by atoms with Gasteiger partial charge in [-0.3, -0.25) is 0 Å². The largest absolute Gasteiger partial charge is 0.522 e. The Bertz CT molecular complexity index is 197. The Morgan fingerprint density at radius 1 is 1.18 bits per heavy atom. The molecule has 0 bridgehead atoms. The minimum atomic E-state index is -2.87. The summed E-state index contributed by atoms with van der Waals surface area (Å²) in [6.07, 6.45) is 1.71. The SMILES string of the molecule is CCCC(N)(CNCCN)[Si](OC)(OC)OC. The molecule has 0 spiro atoms. The molecule has 0 fully saturated rings. The topological polar surface area (TPSA) is 91.8 Å². The maximum absolute atomic E-state index is 6.44. The molecule has 1 atom stereocenters. The monoisotopic (exact) mass is 265 g/mol. The molecule has 17 heavy (non-hydrogen) atoms. The molecule has 0 aromatic carbocycles. The summed E-state index contributed by atoms with van der Waals surface area (Å²) in [6, 6.07) is 0. The van der Waals surface area contributed by atoms with Crippen LogP contribution in [0.25, 0.3) is 0 Å². The molecule has 0 saturated carbocycles. The molecule has 0 aliphatic carbocycles. The third-order valence-electron chi connectivity index (χ3n) is 2.87. The van der Waals surface area contributed by atoms with E-state index in [0.29, 0.717) is 19.6 Å². The van der Waals surface area contributed by atoms with E-state index >= 15 is 0 Å². The van der Waals surface area contributed by atoms with Crippen LogP contribution < -0.4 is 16.8 Å². The second-order valence-electron chi connectivity index (χ2n) is 4.04. The van der Waals surface area contributed by atoms with Crippen LogP contribution in [0.2, 0.25) is 0 Å². The summed E-state index contributed by atoms with van der Waals surface area (Å²) in [4.78, 5) is 0. The molecule has 0 aromatic heterocycles. The van der Waals surface area contributed by atoms with Crippen molar-refractivity contribution in [3.8, 4) is 0 Å². The van der Waals surface area contributed by atoms with Crippen molar-refractivity contribution >= 4 is 8.80 Å². The molecule has 0 heterocycles. The Kier molecular flexibility index (Phi) is 8.13. The highest BCUT2D eigenvalue weighted by molar-refractivity contribution is 6.64. The van der Waals surface area contributed by atoms with Gasteiger partial charge in [0.05, 0.1) is 5.16 Å². The fraction of sp³-hybridized carbons (Fsp3) is 1.00. The zero-order valence-corrected chi connectivity index (χ0v) is 12.4. The van der Waals surface area contributed by atoms with Crippen LogP contribution in [0.15, 0.2) is 0 Å². The van der Waals surface area contributed by atoms with Gasteiger partial charge in [-0.25, -0.2) is 0 Å². The second kappa shape index (κ2) is 8.14. The van der Waals surface area contributed by atoms with Gasteiger partial charge in [0.15, 0.2) is 0 Å². The van der Waals surface area contributed by atoms with Gasteiger partial charge in [-0.1, -0.05) is 13.3 Å². The Hall–Kier alpha value is -0.0231. The molecular weight excluding hydrogens is 238 g/mol. The fourth-order valence-corrected chi connectivity index (χ4v) is 4.69. The molecule has 7 heteroatoms. The zero-order valence-electron chi connectivity index (χ0n) is 11.4. The lowest BCUT2D eigenvalue weighted by Gasteiger charge is -2.41. The van der Waals surface area contributed by atoms with Crippen molar-refractivity contribution in [3.63, 3.8) is 0 Å².